The van der Waals surface area contributed by atoms with Gasteiger partial charge in [-0.15, -0.1) is 0 Å². The molecule has 2 heterocycles. The minimum atomic E-state index is 0.504. The third-order valence-electron chi connectivity index (χ3n) is 2.18. The molecule has 0 atom stereocenters. The van der Waals surface area contributed by atoms with Crippen molar-refractivity contribution in [1.29, 1.82) is 0 Å². The highest BCUT2D eigenvalue weighted by Crippen LogP contribution is 2.12. The second-order valence-corrected chi connectivity index (χ2v) is 3.77. The van der Waals surface area contributed by atoms with Crippen molar-refractivity contribution < 1.29 is 4.74 Å². The van der Waals surface area contributed by atoms with Crippen LogP contribution in [-0.4, -0.2) is 9.97 Å². The average molecular weight is 214 g/mol. The Bertz CT molecular complexity index is 448. The van der Waals surface area contributed by atoms with Gasteiger partial charge in [0.05, 0.1) is 0 Å². The molecule has 2 aromatic rings. The first kappa shape index (κ1) is 10.6. The number of nitrogens with zero attached hydrogens (tertiary/aromatic N) is 2. The van der Waals surface area contributed by atoms with E-state index in [9.17, 15) is 0 Å². The fourth-order valence-electron chi connectivity index (χ4n) is 1.52. The lowest BCUT2D eigenvalue weighted by Crippen LogP contribution is -1.98. The van der Waals surface area contributed by atoms with E-state index >= 15 is 0 Å². The zero-order valence-corrected chi connectivity index (χ0v) is 9.47. The molecule has 0 N–H and O–H groups in total. The van der Waals surface area contributed by atoms with Gasteiger partial charge in [0, 0.05) is 29.7 Å². The van der Waals surface area contributed by atoms with E-state index in [1.165, 1.54) is 0 Å². The number of hydrogen-bond acceptors (Lipinski definition) is 3. The highest BCUT2D eigenvalue weighted by Gasteiger charge is 1.99. The number of pyridine rings is 2. The number of rotatable bonds is 3. The third kappa shape index (κ3) is 2.79. The van der Waals surface area contributed by atoms with Crippen LogP contribution in [0.2, 0.25) is 0 Å². The summed E-state index contributed by atoms with van der Waals surface area (Å²) in [4.78, 5) is 8.34. The minimum Gasteiger partial charge on any atom is -0.473 e. The number of hydrogen-bond donors (Lipinski definition) is 0. The van der Waals surface area contributed by atoms with Crippen LogP contribution in [-0.2, 0) is 6.61 Å². The molecule has 0 saturated heterocycles. The van der Waals surface area contributed by atoms with Crippen LogP contribution in [0.3, 0.4) is 0 Å². The van der Waals surface area contributed by atoms with Crippen LogP contribution in [0.25, 0.3) is 0 Å². The Kier molecular flexibility index (Phi) is 3.15. The highest BCUT2D eigenvalue weighted by atomic mass is 16.5. The summed E-state index contributed by atoms with van der Waals surface area (Å²) in [6, 6.07) is 7.84. The Hall–Kier alpha value is -1.90. The summed E-state index contributed by atoms with van der Waals surface area (Å²) in [6.45, 7) is 4.50. The summed E-state index contributed by atoms with van der Waals surface area (Å²) in [5.41, 5.74) is 3.18. The molecule has 3 heteroatoms. The van der Waals surface area contributed by atoms with Crippen LogP contribution in [0.1, 0.15) is 16.8 Å². The van der Waals surface area contributed by atoms with Crippen LogP contribution >= 0.6 is 0 Å². The van der Waals surface area contributed by atoms with Crippen molar-refractivity contribution in [1.82, 2.24) is 9.97 Å². The summed E-state index contributed by atoms with van der Waals surface area (Å²) in [5, 5.41) is 0. The lowest BCUT2D eigenvalue weighted by Gasteiger charge is -2.06. The Morgan fingerprint density at radius 3 is 2.81 bits per heavy atom. The molecule has 0 aliphatic heterocycles. The van der Waals surface area contributed by atoms with Gasteiger partial charge in [-0.3, -0.25) is 4.98 Å². The fraction of sp³-hybridized carbons (Fsp3) is 0.231. The maximum atomic E-state index is 5.60. The molecule has 16 heavy (non-hydrogen) atoms. The van der Waals surface area contributed by atoms with Crippen molar-refractivity contribution in [3.63, 3.8) is 0 Å². The Morgan fingerprint density at radius 1 is 1.25 bits per heavy atom. The molecular formula is C13H14N2O. The predicted molar refractivity (Wildman–Crippen MR) is 62.3 cm³/mol. The normalized spacial score (nSPS) is 10.1. The van der Waals surface area contributed by atoms with E-state index < -0.39 is 0 Å². The van der Waals surface area contributed by atoms with Gasteiger partial charge < -0.3 is 4.74 Å². The molecule has 0 aliphatic carbocycles. The lowest BCUT2D eigenvalue weighted by atomic mass is 10.2. The van der Waals surface area contributed by atoms with E-state index in [0.29, 0.717) is 12.5 Å². The maximum Gasteiger partial charge on any atom is 0.214 e. The summed E-state index contributed by atoms with van der Waals surface area (Å²) in [7, 11) is 0. The first-order chi connectivity index (χ1) is 7.74. The van der Waals surface area contributed by atoms with E-state index in [2.05, 4.69) is 9.97 Å². The second-order valence-electron chi connectivity index (χ2n) is 3.77. The largest absolute Gasteiger partial charge is 0.473 e. The van der Waals surface area contributed by atoms with Crippen molar-refractivity contribution in [3.05, 3.63) is 53.5 Å². The molecule has 0 spiro atoms. The van der Waals surface area contributed by atoms with E-state index in [-0.39, 0.29) is 0 Å². The maximum absolute atomic E-state index is 5.60. The summed E-state index contributed by atoms with van der Waals surface area (Å²) >= 11 is 0. The van der Waals surface area contributed by atoms with Gasteiger partial charge in [-0.05, 0) is 31.5 Å². The highest BCUT2D eigenvalue weighted by molar-refractivity contribution is 5.23. The van der Waals surface area contributed by atoms with E-state index in [0.717, 1.165) is 16.8 Å². The van der Waals surface area contributed by atoms with E-state index in [4.69, 9.17) is 4.74 Å². The van der Waals surface area contributed by atoms with Gasteiger partial charge in [-0.2, -0.15) is 0 Å². The molecule has 0 amide bonds. The van der Waals surface area contributed by atoms with Gasteiger partial charge in [-0.1, -0.05) is 6.07 Å². The zero-order chi connectivity index (χ0) is 11.4. The molecule has 3 nitrogen and oxygen atoms in total. The van der Waals surface area contributed by atoms with Crippen LogP contribution in [0, 0.1) is 13.8 Å². The zero-order valence-electron chi connectivity index (χ0n) is 9.47. The Morgan fingerprint density at radius 2 is 2.12 bits per heavy atom. The number of aromatic nitrogens is 2. The van der Waals surface area contributed by atoms with Crippen molar-refractivity contribution in [2.75, 3.05) is 0 Å². The van der Waals surface area contributed by atoms with Crippen molar-refractivity contribution in [2.24, 2.45) is 0 Å². The molecule has 0 aromatic carbocycles. The van der Waals surface area contributed by atoms with Crippen molar-refractivity contribution in [2.45, 2.75) is 20.5 Å². The number of aryl methyl sites for hydroxylation is 2. The van der Waals surface area contributed by atoms with Gasteiger partial charge in [0.25, 0.3) is 0 Å². The molecule has 0 fully saturated rings. The SMILES string of the molecule is Cc1cc(C)nc(OCc2cccnc2)c1. The van der Waals surface area contributed by atoms with Gasteiger partial charge in [0.15, 0.2) is 0 Å². The molecule has 0 saturated carbocycles. The first-order valence-electron chi connectivity index (χ1n) is 5.21. The van der Waals surface area contributed by atoms with E-state index in [1.807, 2.05) is 38.1 Å². The number of ether oxygens (including phenoxy) is 1. The van der Waals surface area contributed by atoms with Crippen LogP contribution < -0.4 is 4.74 Å². The van der Waals surface area contributed by atoms with Crippen molar-refractivity contribution in [3.8, 4) is 5.88 Å². The molecule has 0 aliphatic rings. The Labute approximate surface area is 95.1 Å². The molecule has 82 valence electrons. The van der Waals surface area contributed by atoms with Gasteiger partial charge in [-0.25, -0.2) is 4.98 Å². The summed E-state index contributed by atoms with van der Waals surface area (Å²) in [5.74, 6) is 0.668. The van der Waals surface area contributed by atoms with Crippen molar-refractivity contribution >= 4 is 0 Å². The fourth-order valence-corrected chi connectivity index (χ4v) is 1.52. The van der Waals surface area contributed by atoms with Crippen LogP contribution in [0.5, 0.6) is 5.88 Å². The quantitative estimate of drug-likeness (QED) is 0.787. The monoisotopic (exact) mass is 214 g/mol. The molecule has 2 aromatic heterocycles. The van der Waals surface area contributed by atoms with Gasteiger partial charge >= 0.3 is 0 Å². The average Bonchev–Trinajstić information content (AvgIpc) is 2.27. The molecule has 0 radical (unpaired) electrons. The predicted octanol–water partition coefficient (Wildman–Crippen LogP) is 2.67. The summed E-state index contributed by atoms with van der Waals surface area (Å²) < 4.78 is 5.60. The van der Waals surface area contributed by atoms with Gasteiger partial charge in [0.1, 0.15) is 6.61 Å². The smallest absolute Gasteiger partial charge is 0.214 e. The standard InChI is InChI=1S/C13H14N2O/c1-10-6-11(2)15-13(7-10)16-9-12-4-3-5-14-8-12/h3-8H,9H2,1-2H3. The molecular weight excluding hydrogens is 200 g/mol. The second kappa shape index (κ2) is 4.75. The summed E-state index contributed by atoms with van der Waals surface area (Å²) in [6.07, 6.45) is 3.54. The molecule has 0 unspecified atom stereocenters. The lowest BCUT2D eigenvalue weighted by molar-refractivity contribution is 0.292. The topological polar surface area (TPSA) is 35.0 Å². The van der Waals surface area contributed by atoms with E-state index in [1.54, 1.807) is 12.4 Å². The first-order valence-corrected chi connectivity index (χ1v) is 5.21. The minimum absolute atomic E-state index is 0.504. The van der Waals surface area contributed by atoms with Crippen LogP contribution in [0.15, 0.2) is 36.7 Å². The van der Waals surface area contributed by atoms with Crippen LogP contribution in [0.4, 0.5) is 0 Å². The third-order valence-corrected chi connectivity index (χ3v) is 2.18. The Balaban J connectivity index is 2.05. The molecule has 0 bridgehead atoms. The molecule has 2 rings (SSSR count). The van der Waals surface area contributed by atoms with Gasteiger partial charge in [0.2, 0.25) is 5.88 Å².